The van der Waals surface area contributed by atoms with Gasteiger partial charge in [0.15, 0.2) is 11.6 Å². The van der Waals surface area contributed by atoms with Crippen molar-refractivity contribution in [3.63, 3.8) is 0 Å². The molecule has 1 saturated heterocycles. The first-order valence-electron chi connectivity index (χ1n) is 6.24. The van der Waals surface area contributed by atoms with Gasteiger partial charge in [-0.05, 0) is 31.5 Å². The van der Waals surface area contributed by atoms with Crippen LogP contribution in [0.2, 0.25) is 0 Å². The van der Waals surface area contributed by atoms with Crippen molar-refractivity contribution in [1.82, 2.24) is 5.32 Å². The van der Waals surface area contributed by atoms with Crippen molar-refractivity contribution in [3.05, 3.63) is 28.2 Å². The smallest absolute Gasteiger partial charge is 0.150 e. The summed E-state index contributed by atoms with van der Waals surface area (Å²) in [4.78, 5) is 1.81. The zero-order valence-corrected chi connectivity index (χ0v) is 11.9. The highest BCUT2D eigenvalue weighted by molar-refractivity contribution is 9.10. The number of nitrogens with one attached hydrogen (secondary N) is 1. The van der Waals surface area contributed by atoms with Crippen LogP contribution in [0.4, 0.5) is 14.5 Å². The van der Waals surface area contributed by atoms with Crippen LogP contribution in [0.15, 0.2) is 16.6 Å². The Hall–Kier alpha value is -0.680. The highest BCUT2D eigenvalue weighted by Crippen LogP contribution is 2.28. The van der Waals surface area contributed by atoms with E-state index in [1.165, 1.54) is 12.1 Å². The minimum absolute atomic E-state index is 0.0975. The molecular formula is C13H17BrF2N2. The summed E-state index contributed by atoms with van der Waals surface area (Å²) >= 11 is 3.10. The van der Waals surface area contributed by atoms with E-state index in [0.717, 1.165) is 19.4 Å². The number of rotatable bonds is 2. The monoisotopic (exact) mass is 318 g/mol. The first-order valence-corrected chi connectivity index (χ1v) is 7.04. The molecule has 0 amide bonds. The van der Waals surface area contributed by atoms with Gasteiger partial charge >= 0.3 is 0 Å². The summed E-state index contributed by atoms with van der Waals surface area (Å²) in [5.41, 5.74) is 0.0975. The molecule has 1 heterocycles. The molecule has 1 N–H and O–H groups in total. The van der Waals surface area contributed by atoms with Crippen LogP contribution < -0.4 is 10.2 Å². The van der Waals surface area contributed by atoms with Gasteiger partial charge < -0.3 is 10.2 Å². The fraction of sp³-hybridized carbons (Fsp3) is 0.538. The zero-order valence-electron chi connectivity index (χ0n) is 10.3. The molecule has 0 spiro atoms. The van der Waals surface area contributed by atoms with Gasteiger partial charge in [0, 0.05) is 23.6 Å². The predicted molar refractivity (Wildman–Crippen MR) is 73.0 cm³/mol. The molecule has 1 atom stereocenters. The van der Waals surface area contributed by atoms with E-state index in [-0.39, 0.29) is 11.7 Å². The maximum Gasteiger partial charge on any atom is 0.150 e. The second-order valence-electron chi connectivity index (χ2n) is 4.58. The van der Waals surface area contributed by atoms with Gasteiger partial charge in [0.2, 0.25) is 0 Å². The quantitative estimate of drug-likeness (QED) is 0.900. The average Bonchev–Trinajstić information content (AvgIpc) is 2.53. The van der Waals surface area contributed by atoms with Crippen LogP contribution in [0, 0.1) is 11.6 Å². The SMILES string of the molecule is CCC1CN(c2c(F)cc(Br)cc2F)CCCN1. The van der Waals surface area contributed by atoms with Crippen molar-refractivity contribution in [2.75, 3.05) is 24.5 Å². The van der Waals surface area contributed by atoms with Crippen molar-refractivity contribution in [2.45, 2.75) is 25.8 Å². The van der Waals surface area contributed by atoms with Crippen LogP contribution >= 0.6 is 15.9 Å². The van der Waals surface area contributed by atoms with Crippen molar-refractivity contribution in [2.24, 2.45) is 0 Å². The molecule has 0 saturated carbocycles. The minimum Gasteiger partial charge on any atom is -0.365 e. The largest absolute Gasteiger partial charge is 0.365 e. The number of hydrogen-bond acceptors (Lipinski definition) is 2. The van der Waals surface area contributed by atoms with Crippen LogP contribution in [0.5, 0.6) is 0 Å². The Labute approximate surface area is 114 Å². The highest BCUT2D eigenvalue weighted by Gasteiger charge is 2.22. The van der Waals surface area contributed by atoms with Gasteiger partial charge in [-0.1, -0.05) is 22.9 Å². The van der Waals surface area contributed by atoms with E-state index in [1.807, 2.05) is 4.90 Å². The van der Waals surface area contributed by atoms with E-state index in [0.29, 0.717) is 17.6 Å². The van der Waals surface area contributed by atoms with Crippen LogP contribution in [-0.4, -0.2) is 25.7 Å². The molecule has 18 heavy (non-hydrogen) atoms. The van der Waals surface area contributed by atoms with Crippen molar-refractivity contribution in [3.8, 4) is 0 Å². The Balaban J connectivity index is 2.29. The second kappa shape index (κ2) is 5.97. The maximum atomic E-state index is 13.9. The van der Waals surface area contributed by atoms with Crippen LogP contribution in [0.3, 0.4) is 0 Å². The fourth-order valence-electron chi connectivity index (χ4n) is 2.31. The van der Waals surface area contributed by atoms with Gasteiger partial charge in [-0.3, -0.25) is 0 Å². The van der Waals surface area contributed by atoms with E-state index >= 15 is 0 Å². The fourth-order valence-corrected chi connectivity index (χ4v) is 2.71. The summed E-state index contributed by atoms with van der Waals surface area (Å²) in [6.07, 6.45) is 1.85. The zero-order chi connectivity index (χ0) is 13.1. The summed E-state index contributed by atoms with van der Waals surface area (Å²) in [6, 6.07) is 2.92. The van der Waals surface area contributed by atoms with Crippen molar-refractivity contribution < 1.29 is 8.78 Å². The third-order valence-corrected chi connectivity index (χ3v) is 3.73. The normalized spacial score (nSPS) is 20.9. The lowest BCUT2D eigenvalue weighted by Crippen LogP contribution is -2.37. The molecule has 0 bridgehead atoms. The molecule has 0 aliphatic carbocycles. The minimum atomic E-state index is -0.501. The molecule has 0 radical (unpaired) electrons. The molecule has 5 heteroatoms. The van der Waals surface area contributed by atoms with E-state index in [2.05, 4.69) is 28.2 Å². The molecule has 1 aliphatic heterocycles. The number of hydrogen-bond donors (Lipinski definition) is 1. The Morgan fingerprint density at radius 3 is 2.67 bits per heavy atom. The maximum absolute atomic E-state index is 13.9. The summed E-state index contributed by atoms with van der Waals surface area (Å²) in [6.45, 7) is 4.30. The van der Waals surface area contributed by atoms with Gasteiger partial charge in [0.25, 0.3) is 0 Å². The molecular weight excluding hydrogens is 302 g/mol. The second-order valence-corrected chi connectivity index (χ2v) is 5.49. The molecule has 1 aromatic rings. The Morgan fingerprint density at radius 1 is 1.39 bits per heavy atom. The van der Waals surface area contributed by atoms with Gasteiger partial charge in [-0.2, -0.15) is 0 Å². The number of halogens is 3. The molecule has 1 fully saturated rings. The van der Waals surface area contributed by atoms with Gasteiger partial charge in [-0.15, -0.1) is 0 Å². The van der Waals surface area contributed by atoms with Crippen molar-refractivity contribution in [1.29, 1.82) is 0 Å². The number of anilines is 1. The van der Waals surface area contributed by atoms with Gasteiger partial charge in [0.1, 0.15) is 5.69 Å². The van der Waals surface area contributed by atoms with E-state index < -0.39 is 11.6 Å². The Morgan fingerprint density at radius 2 is 2.06 bits per heavy atom. The lowest BCUT2D eigenvalue weighted by Gasteiger charge is -2.26. The number of benzene rings is 1. The van der Waals surface area contributed by atoms with Crippen LogP contribution in [0.1, 0.15) is 19.8 Å². The molecule has 1 aliphatic rings. The molecule has 2 nitrogen and oxygen atoms in total. The molecule has 1 unspecified atom stereocenters. The van der Waals surface area contributed by atoms with Crippen LogP contribution in [0.25, 0.3) is 0 Å². The number of nitrogens with zero attached hydrogens (tertiary/aromatic N) is 1. The first kappa shape index (κ1) is 13.7. The Kier molecular flexibility index (Phi) is 4.56. The third-order valence-electron chi connectivity index (χ3n) is 3.27. The molecule has 1 aromatic carbocycles. The predicted octanol–water partition coefficient (Wildman–Crippen LogP) is 3.31. The van der Waals surface area contributed by atoms with E-state index in [1.54, 1.807) is 0 Å². The summed E-state index contributed by atoms with van der Waals surface area (Å²) in [5, 5.41) is 3.39. The average molecular weight is 319 g/mol. The Bertz CT molecular complexity index is 402. The molecule has 0 aromatic heterocycles. The third kappa shape index (κ3) is 3.01. The molecule has 2 rings (SSSR count). The topological polar surface area (TPSA) is 15.3 Å². The highest BCUT2D eigenvalue weighted by atomic mass is 79.9. The summed E-state index contributed by atoms with van der Waals surface area (Å²) in [7, 11) is 0. The first-order chi connectivity index (χ1) is 8.61. The van der Waals surface area contributed by atoms with E-state index in [9.17, 15) is 8.78 Å². The van der Waals surface area contributed by atoms with Crippen molar-refractivity contribution >= 4 is 21.6 Å². The molecule has 100 valence electrons. The van der Waals surface area contributed by atoms with Crippen LogP contribution in [-0.2, 0) is 0 Å². The van der Waals surface area contributed by atoms with Gasteiger partial charge in [-0.25, -0.2) is 8.78 Å². The van der Waals surface area contributed by atoms with E-state index in [4.69, 9.17) is 0 Å². The standard InChI is InChI=1S/C13H17BrF2N2/c1-2-10-8-18(5-3-4-17-10)13-11(15)6-9(14)7-12(13)16/h6-7,10,17H,2-5,8H2,1H3. The summed E-state index contributed by atoms with van der Waals surface area (Å²) < 4.78 is 28.3. The van der Waals surface area contributed by atoms with Gasteiger partial charge in [0.05, 0.1) is 0 Å². The lowest BCUT2D eigenvalue weighted by molar-refractivity contribution is 0.519. The summed E-state index contributed by atoms with van der Waals surface area (Å²) in [5.74, 6) is -1.00. The lowest BCUT2D eigenvalue weighted by atomic mass is 10.2.